The second-order valence-corrected chi connectivity index (χ2v) is 6.73. The van der Waals surface area contributed by atoms with Crippen LogP contribution in [0, 0.1) is 5.92 Å². The van der Waals surface area contributed by atoms with Crippen molar-refractivity contribution in [2.75, 3.05) is 6.61 Å². The highest BCUT2D eigenvalue weighted by atomic mass is 35.5. The van der Waals surface area contributed by atoms with Crippen molar-refractivity contribution >= 4 is 34.5 Å². The van der Waals surface area contributed by atoms with Gasteiger partial charge in [-0.1, -0.05) is 23.2 Å². The molecule has 1 fully saturated rings. The van der Waals surface area contributed by atoms with Crippen LogP contribution in [0.15, 0.2) is 6.07 Å². The molecule has 1 atom stereocenters. The molecule has 17 heavy (non-hydrogen) atoms. The van der Waals surface area contributed by atoms with Gasteiger partial charge in [0, 0.05) is 12.2 Å². The number of hydrogen-bond acceptors (Lipinski definition) is 3. The van der Waals surface area contributed by atoms with Crippen LogP contribution >= 0.6 is 34.5 Å². The van der Waals surface area contributed by atoms with E-state index in [0.717, 1.165) is 31.4 Å². The van der Waals surface area contributed by atoms with E-state index in [4.69, 9.17) is 27.9 Å². The molecule has 0 bridgehead atoms. The molecule has 5 heteroatoms. The summed E-state index contributed by atoms with van der Waals surface area (Å²) in [6.45, 7) is 2.78. The smallest absolute Gasteiger partial charge is 0.100 e. The van der Waals surface area contributed by atoms with E-state index in [2.05, 4.69) is 0 Å². The molecule has 0 amide bonds. The maximum Gasteiger partial charge on any atom is 0.100 e. The highest BCUT2D eigenvalue weighted by Crippen LogP contribution is 2.41. The molecule has 0 saturated heterocycles. The van der Waals surface area contributed by atoms with Crippen LogP contribution in [-0.2, 0) is 4.74 Å². The molecule has 2 nitrogen and oxygen atoms in total. The molecule has 0 aromatic carbocycles. The molecule has 96 valence electrons. The minimum absolute atomic E-state index is 0.388. The van der Waals surface area contributed by atoms with Gasteiger partial charge < -0.3 is 9.84 Å². The largest absolute Gasteiger partial charge is 0.388 e. The molecule has 1 heterocycles. The predicted octanol–water partition coefficient (Wildman–Crippen LogP) is 4.29. The summed E-state index contributed by atoms with van der Waals surface area (Å²) in [5.41, 5.74) is 0.765. The second kappa shape index (κ2) is 5.89. The van der Waals surface area contributed by atoms with Gasteiger partial charge >= 0.3 is 0 Å². The lowest BCUT2D eigenvalue weighted by Gasteiger charge is -2.36. The first kappa shape index (κ1) is 13.6. The summed E-state index contributed by atoms with van der Waals surface area (Å²) in [7, 11) is 0. The van der Waals surface area contributed by atoms with Gasteiger partial charge in [0.1, 0.15) is 4.34 Å². The van der Waals surface area contributed by atoms with E-state index in [1.165, 1.54) is 11.3 Å². The summed E-state index contributed by atoms with van der Waals surface area (Å²) in [5, 5.41) is 10.1. The Hall–Kier alpha value is 0.200. The molecule has 0 aliphatic heterocycles. The maximum atomic E-state index is 10.1. The van der Waals surface area contributed by atoms with Crippen molar-refractivity contribution in [2.45, 2.75) is 38.4 Å². The van der Waals surface area contributed by atoms with Gasteiger partial charge in [0.25, 0.3) is 0 Å². The summed E-state index contributed by atoms with van der Waals surface area (Å²) in [6, 6.07) is 1.76. The third-order valence-electron chi connectivity index (χ3n) is 3.19. The van der Waals surface area contributed by atoms with Gasteiger partial charge in [-0.25, -0.2) is 0 Å². The molecular weight excluding hydrogens is 279 g/mol. The molecule has 1 aromatic rings. The van der Waals surface area contributed by atoms with Crippen molar-refractivity contribution < 1.29 is 9.84 Å². The Morgan fingerprint density at radius 2 is 2.24 bits per heavy atom. The molecule has 2 rings (SSSR count). The lowest BCUT2D eigenvalue weighted by molar-refractivity contribution is -0.0379. The van der Waals surface area contributed by atoms with E-state index in [9.17, 15) is 5.11 Å². The first-order valence-corrected chi connectivity index (χ1v) is 7.41. The summed E-state index contributed by atoms with van der Waals surface area (Å²) in [6.07, 6.45) is 2.72. The third kappa shape index (κ3) is 3.36. The molecule has 0 spiro atoms. The van der Waals surface area contributed by atoms with Crippen molar-refractivity contribution in [1.29, 1.82) is 0 Å². The van der Waals surface area contributed by atoms with E-state index in [-0.39, 0.29) is 0 Å². The van der Waals surface area contributed by atoms with E-state index in [0.29, 0.717) is 20.7 Å². The second-order valence-electron chi connectivity index (χ2n) is 4.45. The zero-order valence-electron chi connectivity index (χ0n) is 9.66. The van der Waals surface area contributed by atoms with Crippen LogP contribution < -0.4 is 0 Å². The van der Waals surface area contributed by atoms with Gasteiger partial charge in [0.2, 0.25) is 0 Å². The third-order valence-corrected chi connectivity index (χ3v) is 4.71. The van der Waals surface area contributed by atoms with Gasteiger partial charge in [-0.2, -0.15) is 0 Å². The molecule has 1 N–H and O–H groups in total. The number of halogens is 2. The number of hydrogen-bond donors (Lipinski definition) is 1. The summed E-state index contributed by atoms with van der Waals surface area (Å²) in [5.74, 6) is 0.538. The van der Waals surface area contributed by atoms with E-state index < -0.39 is 6.10 Å². The number of aliphatic hydroxyl groups is 1. The van der Waals surface area contributed by atoms with Crippen LogP contribution in [0.2, 0.25) is 8.67 Å². The van der Waals surface area contributed by atoms with Crippen LogP contribution in [0.3, 0.4) is 0 Å². The fourth-order valence-corrected chi connectivity index (χ4v) is 3.83. The van der Waals surface area contributed by atoms with Gasteiger partial charge in [-0.15, -0.1) is 11.3 Å². The Bertz CT molecular complexity index is 375. The molecule has 0 radical (unpaired) electrons. The average molecular weight is 295 g/mol. The van der Waals surface area contributed by atoms with Crippen LogP contribution in [-0.4, -0.2) is 17.8 Å². The fraction of sp³-hybridized carbons (Fsp3) is 0.667. The zero-order chi connectivity index (χ0) is 12.4. The van der Waals surface area contributed by atoms with Crippen molar-refractivity contribution in [3.05, 3.63) is 20.3 Å². The van der Waals surface area contributed by atoms with Crippen molar-refractivity contribution in [1.82, 2.24) is 0 Å². The Labute approximate surface area is 115 Å². The molecule has 1 saturated carbocycles. The Morgan fingerprint density at radius 3 is 2.76 bits per heavy atom. The maximum absolute atomic E-state index is 10.1. The van der Waals surface area contributed by atoms with Crippen LogP contribution in [0.25, 0.3) is 0 Å². The lowest BCUT2D eigenvalue weighted by atomic mass is 9.78. The minimum Gasteiger partial charge on any atom is -0.388 e. The summed E-state index contributed by atoms with van der Waals surface area (Å²) < 4.78 is 6.73. The zero-order valence-corrected chi connectivity index (χ0v) is 12.0. The van der Waals surface area contributed by atoms with Crippen LogP contribution in [0.1, 0.15) is 37.9 Å². The Balaban J connectivity index is 1.82. The monoisotopic (exact) mass is 294 g/mol. The van der Waals surface area contributed by atoms with E-state index in [1.54, 1.807) is 6.07 Å². The van der Waals surface area contributed by atoms with Crippen molar-refractivity contribution in [3.8, 4) is 0 Å². The Morgan fingerprint density at radius 1 is 1.53 bits per heavy atom. The van der Waals surface area contributed by atoms with E-state index in [1.807, 2.05) is 6.92 Å². The first-order valence-electron chi connectivity index (χ1n) is 5.84. The standard InChI is InChI=1S/C12H16Cl2O2S/c1-2-16-8-3-7(4-8)5-10(15)9-6-11(13)17-12(9)14/h6-8,10,15H,2-5H2,1H3. The fourth-order valence-electron chi connectivity index (χ4n) is 2.26. The number of ether oxygens (including phenoxy) is 1. The Kier molecular flexibility index (Phi) is 4.72. The molecule has 1 aliphatic rings. The van der Waals surface area contributed by atoms with Crippen molar-refractivity contribution in [3.63, 3.8) is 0 Å². The SMILES string of the molecule is CCOC1CC(CC(O)c2cc(Cl)sc2Cl)C1. The van der Waals surface area contributed by atoms with Gasteiger partial charge in [-0.3, -0.25) is 0 Å². The summed E-state index contributed by atoms with van der Waals surface area (Å²) in [4.78, 5) is 0. The normalized spacial score (nSPS) is 25.6. The number of thiophene rings is 1. The van der Waals surface area contributed by atoms with Crippen LogP contribution in [0.5, 0.6) is 0 Å². The highest BCUT2D eigenvalue weighted by molar-refractivity contribution is 7.20. The molecule has 1 unspecified atom stereocenters. The molecular formula is C12H16Cl2O2S. The molecule has 1 aliphatic carbocycles. The topological polar surface area (TPSA) is 29.5 Å². The van der Waals surface area contributed by atoms with Gasteiger partial charge in [0.15, 0.2) is 0 Å². The quantitative estimate of drug-likeness (QED) is 0.878. The highest BCUT2D eigenvalue weighted by Gasteiger charge is 2.32. The predicted molar refractivity (Wildman–Crippen MR) is 72.1 cm³/mol. The minimum atomic E-state index is -0.501. The number of aliphatic hydroxyl groups excluding tert-OH is 1. The average Bonchev–Trinajstić information content (AvgIpc) is 2.54. The van der Waals surface area contributed by atoms with E-state index >= 15 is 0 Å². The van der Waals surface area contributed by atoms with Gasteiger partial charge in [0.05, 0.1) is 16.5 Å². The number of rotatable bonds is 5. The first-order chi connectivity index (χ1) is 8.10. The summed E-state index contributed by atoms with van der Waals surface area (Å²) >= 11 is 13.2. The van der Waals surface area contributed by atoms with Gasteiger partial charge in [-0.05, 0) is 38.2 Å². The molecule has 1 aromatic heterocycles. The lowest BCUT2D eigenvalue weighted by Crippen LogP contribution is -2.32. The van der Waals surface area contributed by atoms with Crippen molar-refractivity contribution in [2.24, 2.45) is 5.92 Å². The van der Waals surface area contributed by atoms with Crippen LogP contribution in [0.4, 0.5) is 0 Å².